The number of benzene rings is 3. The number of nitrogens with zero attached hydrogens (tertiary/aromatic N) is 1. The lowest BCUT2D eigenvalue weighted by Gasteiger charge is -2.28. The van der Waals surface area contributed by atoms with E-state index >= 15 is 0 Å². The Kier molecular flexibility index (Phi) is 34.3. The highest BCUT2D eigenvalue weighted by molar-refractivity contribution is 6.00. The van der Waals surface area contributed by atoms with Crippen molar-refractivity contribution in [2.45, 2.75) is 192 Å². The van der Waals surface area contributed by atoms with E-state index in [1.165, 1.54) is 50.6 Å². The van der Waals surface area contributed by atoms with Crippen LogP contribution in [0.3, 0.4) is 0 Å². The van der Waals surface area contributed by atoms with Crippen LogP contribution in [0.15, 0.2) is 97.6 Å². The lowest BCUT2D eigenvalue weighted by Crippen LogP contribution is -2.61. The fourth-order valence-corrected chi connectivity index (χ4v) is 11.2. The van der Waals surface area contributed by atoms with Gasteiger partial charge in [-0.3, -0.25) is 71.9 Å². The Balaban J connectivity index is 1.30. The van der Waals surface area contributed by atoms with Gasteiger partial charge >= 0.3 is 23.9 Å². The number of fused-ring (bicyclic) bond motifs is 1. The maximum atomic E-state index is 14.7. The summed E-state index contributed by atoms with van der Waals surface area (Å²) in [5.74, 6) is -19.0. The van der Waals surface area contributed by atoms with Crippen LogP contribution in [-0.4, -0.2) is 208 Å². The van der Waals surface area contributed by atoms with E-state index in [0.29, 0.717) is 23.1 Å². The number of phenols is 1. The fourth-order valence-electron chi connectivity index (χ4n) is 11.2. The molecule has 0 saturated carbocycles. The maximum Gasteiger partial charge on any atom is 0.326 e. The number of carbonyl (C=O) groups is 16. The Bertz CT molecular complexity index is 4020. The minimum Gasteiger partial charge on any atom is -0.508 e. The topological polar surface area (TPSA) is 563 Å². The second-order valence-electron chi connectivity index (χ2n) is 27.1. The van der Waals surface area contributed by atoms with Gasteiger partial charge in [0, 0.05) is 61.8 Å². The van der Waals surface area contributed by atoms with Crippen molar-refractivity contribution in [1.82, 2.24) is 78.8 Å². The molecular weight excluding hydrogens is 1420 g/mol. The largest absolute Gasteiger partial charge is 0.508 e. The van der Waals surface area contributed by atoms with Crippen LogP contribution in [0.4, 0.5) is 0 Å². The number of nitrogens with one attached hydrogen (secondary N) is 14. The summed E-state index contributed by atoms with van der Waals surface area (Å²) in [5.41, 5.74) is 2.48. The molecule has 0 aliphatic heterocycles. The smallest absolute Gasteiger partial charge is 0.326 e. The molecule has 0 spiro atoms. The van der Waals surface area contributed by atoms with Gasteiger partial charge in [-0.1, -0.05) is 109 Å². The van der Waals surface area contributed by atoms with E-state index in [2.05, 4.69) is 78.8 Å². The minimum atomic E-state index is -1.87. The number of rotatable bonds is 45. The van der Waals surface area contributed by atoms with Gasteiger partial charge in [-0.05, 0) is 79.3 Å². The SMILES string of the molecule is CC[C@H](C)[C@H](NC(=O)CNC(=O)[C@H](CC(=O)O)NC(=O)[C@H](CC(C)C)NC(=O)[C@H](Cc1c[nH]cn1)NC(=O)[C@H](C)NC(=O)[C@H](Cc1ccccc1)NC(=O)[C@H](Cc1ccc(O)cc1)NC(=O)[C@@H](NC(=O)[C@H](C)NC(=O)[C@H](CCC(=O)O)NC(=O)CCC(=O)O)C(C)C)C(=O)N[C@@H](Cc1c[nH]c2ccccc12)C(=O)O. The first-order chi connectivity index (χ1) is 51.5. The number of hydrogen-bond acceptors (Lipinski definition) is 18. The Morgan fingerprint density at radius 3 is 1.52 bits per heavy atom. The summed E-state index contributed by atoms with van der Waals surface area (Å²) in [6.07, 6.45) is 0.394. The summed E-state index contributed by atoms with van der Waals surface area (Å²) in [6, 6.07) is 4.33. The van der Waals surface area contributed by atoms with Crippen LogP contribution in [0.2, 0.25) is 0 Å². The van der Waals surface area contributed by atoms with Crippen molar-refractivity contribution in [3.63, 3.8) is 0 Å². The van der Waals surface area contributed by atoms with E-state index in [1.54, 1.807) is 102 Å². The zero-order valence-corrected chi connectivity index (χ0v) is 61.5. The number of carboxylic acid groups (broad SMARTS) is 4. The van der Waals surface area contributed by atoms with Crippen LogP contribution >= 0.6 is 0 Å². The van der Waals surface area contributed by atoms with Gasteiger partial charge < -0.3 is 99.3 Å². The van der Waals surface area contributed by atoms with Crippen molar-refractivity contribution in [3.8, 4) is 5.75 Å². The Morgan fingerprint density at radius 1 is 0.440 bits per heavy atom. The molecule has 36 nitrogen and oxygen atoms in total. The maximum absolute atomic E-state index is 14.7. The van der Waals surface area contributed by atoms with Crippen LogP contribution in [0.5, 0.6) is 5.75 Å². The van der Waals surface area contributed by atoms with Gasteiger partial charge in [-0.2, -0.15) is 0 Å². The zero-order chi connectivity index (χ0) is 80.8. The number of carbonyl (C=O) groups excluding carboxylic acids is 12. The number of aromatic amines is 2. The molecule has 5 aromatic rings. The first-order valence-electron chi connectivity index (χ1n) is 35.3. The van der Waals surface area contributed by atoms with Gasteiger partial charge in [-0.15, -0.1) is 0 Å². The first-order valence-corrected chi connectivity index (χ1v) is 35.3. The van der Waals surface area contributed by atoms with Crippen molar-refractivity contribution >= 4 is 106 Å². The zero-order valence-electron chi connectivity index (χ0n) is 61.5. The normalized spacial score (nSPS) is 14.4. The number of phenolic OH excluding ortho intramolecular Hbond substituents is 1. The molecule has 3 aromatic carbocycles. The third-order valence-corrected chi connectivity index (χ3v) is 17.4. The Morgan fingerprint density at radius 2 is 0.954 bits per heavy atom. The second-order valence-corrected chi connectivity index (χ2v) is 27.1. The number of imidazole rings is 1. The van der Waals surface area contributed by atoms with Gasteiger partial charge in [-0.25, -0.2) is 9.78 Å². The molecule has 590 valence electrons. The lowest BCUT2D eigenvalue weighted by molar-refractivity contribution is -0.142. The second kappa shape index (κ2) is 42.8. The lowest BCUT2D eigenvalue weighted by atomic mass is 9.97. The van der Waals surface area contributed by atoms with E-state index in [9.17, 15) is 97.1 Å². The molecule has 12 amide bonds. The highest BCUT2D eigenvalue weighted by atomic mass is 16.4. The number of aromatic nitrogens is 3. The summed E-state index contributed by atoms with van der Waals surface area (Å²) in [5, 5.41) is 78.9. The predicted octanol–water partition coefficient (Wildman–Crippen LogP) is -0.607. The van der Waals surface area contributed by atoms with Crippen LogP contribution in [0.25, 0.3) is 10.9 Å². The van der Waals surface area contributed by atoms with Gasteiger partial charge in [0.2, 0.25) is 70.9 Å². The summed E-state index contributed by atoms with van der Waals surface area (Å²) in [7, 11) is 0. The highest BCUT2D eigenvalue weighted by Crippen LogP contribution is 2.21. The number of H-pyrrole nitrogens is 2. The van der Waals surface area contributed by atoms with Crippen molar-refractivity contribution in [2.24, 2.45) is 17.8 Å². The Labute approximate surface area is 626 Å². The van der Waals surface area contributed by atoms with Crippen LogP contribution < -0.4 is 63.8 Å². The molecule has 12 atom stereocenters. The number of aromatic hydroxyl groups is 1. The molecule has 0 aliphatic rings. The summed E-state index contributed by atoms with van der Waals surface area (Å²) in [6.45, 7) is 11.5. The number of aliphatic carboxylic acids is 4. The standard InChI is InChI=1S/C73H97N15O21/c1-9-39(6)62(72(107)86-55(73(108)109)30-44-33-75-48-18-14-13-17-47(44)48)87-57(91)35-76-65(100)54(32-60(96)97)84-68(103)50(27-37(2)3)82-70(105)53(31-45-34-74-36-77-45)81-63(98)40(7)79-67(102)51(28-42-15-11-10-12-16-42)83-69(104)52(29-43-19-21-46(89)22-20-43)85-71(106)61(38(4)5)88-64(99)41(8)78-66(101)49(23-25-58(92)93)80-56(90)24-26-59(94)95/h10-22,33-34,36-41,49-55,61-62,75,89H,9,23-32,35H2,1-8H3,(H,74,77)(H,76,100)(H,78,101)(H,79,102)(H,80,90)(H,81,98)(H,82,105)(H,83,104)(H,84,103)(H,85,106)(H,86,107)(H,87,91)(H,88,99)(H,92,93)(H,94,95)(H,96,97)(H,108,109)/t39-,40-,41-,49-,50-,51-,52-,53-,54-,55-,61-,62-/m0/s1. The quantitative estimate of drug-likeness (QED) is 0.0231. The summed E-state index contributed by atoms with van der Waals surface area (Å²) < 4.78 is 0. The van der Waals surface area contributed by atoms with E-state index in [1.807, 2.05) is 0 Å². The van der Waals surface area contributed by atoms with E-state index < -0.39 is 212 Å². The van der Waals surface area contributed by atoms with Gasteiger partial charge in [0.15, 0.2) is 0 Å². The third-order valence-electron chi connectivity index (χ3n) is 17.4. The number of para-hydroxylation sites is 1. The molecule has 0 fully saturated rings. The number of carboxylic acids is 4. The molecule has 36 heteroatoms. The van der Waals surface area contributed by atoms with Crippen LogP contribution in [0, 0.1) is 17.8 Å². The third kappa shape index (κ3) is 29.2. The van der Waals surface area contributed by atoms with Gasteiger partial charge in [0.05, 0.1) is 31.4 Å². The molecular formula is C73H97N15O21. The highest BCUT2D eigenvalue weighted by Gasteiger charge is 2.38. The first kappa shape index (κ1) is 87.4. The fraction of sp³-hybridized carbons (Fsp3) is 0.466. The molecule has 19 N–H and O–H groups in total. The van der Waals surface area contributed by atoms with E-state index in [0.717, 1.165) is 10.9 Å². The minimum absolute atomic E-state index is 0.112. The average molecular weight is 1520 g/mol. The Hall–Kier alpha value is -12.3. The van der Waals surface area contributed by atoms with Crippen molar-refractivity contribution in [3.05, 3.63) is 120 Å². The molecule has 0 radical (unpaired) electrons. The summed E-state index contributed by atoms with van der Waals surface area (Å²) in [4.78, 5) is 224. The molecule has 0 aliphatic carbocycles. The molecule has 0 bridgehead atoms. The van der Waals surface area contributed by atoms with E-state index in [4.69, 9.17) is 5.11 Å². The van der Waals surface area contributed by atoms with Crippen molar-refractivity contribution in [1.29, 1.82) is 0 Å². The number of amides is 12. The molecule has 0 saturated heterocycles. The molecule has 109 heavy (non-hydrogen) atoms. The van der Waals surface area contributed by atoms with Gasteiger partial charge in [0.1, 0.15) is 72.2 Å². The van der Waals surface area contributed by atoms with Gasteiger partial charge in [0.25, 0.3) is 0 Å². The molecule has 0 unspecified atom stereocenters. The van der Waals surface area contributed by atoms with Crippen LogP contribution in [-0.2, 0) is 102 Å². The summed E-state index contributed by atoms with van der Waals surface area (Å²) >= 11 is 0. The van der Waals surface area contributed by atoms with E-state index in [-0.39, 0.29) is 49.5 Å². The number of hydrogen-bond donors (Lipinski definition) is 19. The monoisotopic (exact) mass is 1520 g/mol. The van der Waals surface area contributed by atoms with Crippen LogP contribution in [0.1, 0.15) is 123 Å². The van der Waals surface area contributed by atoms with Crippen molar-refractivity contribution < 1.29 is 102 Å². The molecule has 2 aromatic heterocycles. The predicted molar refractivity (Wildman–Crippen MR) is 389 cm³/mol. The molecule has 2 heterocycles. The average Bonchev–Trinajstić information content (AvgIpc) is 1.74. The molecule has 5 rings (SSSR count). The van der Waals surface area contributed by atoms with Crippen molar-refractivity contribution in [2.75, 3.05) is 6.54 Å².